The van der Waals surface area contributed by atoms with E-state index in [0.29, 0.717) is 0 Å². The van der Waals surface area contributed by atoms with Gasteiger partial charge in [0.25, 0.3) is 0 Å². The van der Waals surface area contributed by atoms with E-state index in [-0.39, 0.29) is 12.3 Å². The molecule has 10 N–H and O–H groups in total. The van der Waals surface area contributed by atoms with Gasteiger partial charge in [-0.05, 0) is 25.9 Å². The molecule has 0 rings (SSSR count). The van der Waals surface area contributed by atoms with E-state index in [1.807, 2.05) is 0 Å². The lowest BCUT2D eigenvalue weighted by atomic mass is 10.1. The Hall–Kier alpha value is -0.160. The topological polar surface area (TPSA) is 122 Å². The second kappa shape index (κ2) is 20.3. The molecule has 0 amide bonds. The van der Waals surface area contributed by atoms with Crippen molar-refractivity contribution in [1.82, 2.24) is 12.3 Å². The van der Waals surface area contributed by atoms with Gasteiger partial charge in [-0.2, -0.15) is 0 Å². The second-order valence-corrected chi connectivity index (χ2v) is 4.11. The van der Waals surface area contributed by atoms with Crippen molar-refractivity contribution in [2.75, 3.05) is 13.1 Å². The lowest BCUT2D eigenvalue weighted by Crippen LogP contribution is -1.97. The fraction of sp³-hybridized carbons (Fsp3) is 1.00. The summed E-state index contributed by atoms with van der Waals surface area (Å²) in [7, 11) is 0. The molecule has 0 saturated heterocycles. The Morgan fingerprint density at radius 2 is 0.562 bits per heavy atom. The van der Waals surface area contributed by atoms with E-state index in [1.54, 1.807) is 0 Å². The summed E-state index contributed by atoms with van der Waals surface area (Å²) in [6.45, 7) is 1.72. The van der Waals surface area contributed by atoms with Crippen molar-refractivity contribution in [2.45, 2.75) is 64.2 Å². The largest absolute Gasteiger partial charge is 0.344 e. The van der Waals surface area contributed by atoms with E-state index in [9.17, 15) is 0 Å². The monoisotopic (exact) mass is 234 g/mol. The summed E-state index contributed by atoms with van der Waals surface area (Å²) in [5.74, 6) is 0. The molecule has 102 valence electrons. The zero-order valence-corrected chi connectivity index (χ0v) is 11.1. The van der Waals surface area contributed by atoms with Gasteiger partial charge >= 0.3 is 0 Å². The van der Waals surface area contributed by atoms with Crippen LogP contribution in [0.1, 0.15) is 64.2 Å². The van der Waals surface area contributed by atoms with Crippen molar-refractivity contribution in [2.24, 2.45) is 11.5 Å². The van der Waals surface area contributed by atoms with Crippen molar-refractivity contribution in [3.63, 3.8) is 0 Å². The minimum Gasteiger partial charge on any atom is -0.344 e. The minimum atomic E-state index is 0. The van der Waals surface area contributed by atoms with Gasteiger partial charge in [-0.3, -0.25) is 0 Å². The molecule has 0 aromatic carbocycles. The molecule has 0 aromatic rings. The highest BCUT2D eigenvalue weighted by atomic mass is 14.5. The SMILES string of the molecule is N.N.NCCCCCCCCCCCCN. The van der Waals surface area contributed by atoms with Gasteiger partial charge in [0.2, 0.25) is 0 Å². The second-order valence-electron chi connectivity index (χ2n) is 4.11. The molecule has 0 saturated carbocycles. The van der Waals surface area contributed by atoms with Crippen molar-refractivity contribution >= 4 is 0 Å². The summed E-state index contributed by atoms with van der Waals surface area (Å²) < 4.78 is 0. The fourth-order valence-corrected chi connectivity index (χ4v) is 1.70. The molecule has 0 aliphatic carbocycles. The van der Waals surface area contributed by atoms with Crippen molar-refractivity contribution < 1.29 is 0 Å². The number of unbranched alkanes of at least 4 members (excludes halogenated alkanes) is 9. The molecular weight excluding hydrogens is 200 g/mol. The van der Waals surface area contributed by atoms with Crippen molar-refractivity contribution in [3.8, 4) is 0 Å². The van der Waals surface area contributed by atoms with Crippen LogP contribution in [-0.4, -0.2) is 13.1 Å². The average Bonchev–Trinajstić information content (AvgIpc) is 2.21. The Bertz CT molecular complexity index is 87.0. The first kappa shape index (κ1) is 21.2. The standard InChI is InChI=1S/C12H28N2.2H3N/c13-11-9-7-5-3-1-2-4-6-8-10-12-14;;/h1-14H2;2*1H3. The average molecular weight is 234 g/mol. The quantitative estimate of drug-likeness (QED) is 0.410. The van der Waals surface area contributed by atoms with E-state index >= 15 is 0 Å². The van der Waals surface area contributed by atoms with Crippen molar-refractivity contribution in [3.05, 3.63) is 0 Å². The molecule has 16 heavy (non-hydrogen) atoms. The van der Waals surface area contributed by atoms with Crippen molar-refractivity contribution in [1.29, 1.82) is 0 Å². The number of hydrogen-bond acceptors (Lipinski definition) is 4. The normalized spacial score (nSPS) is 9.38. The third kappa shape index (κ3) is 19.4. The maximum atomic E-state index is 5.43. The first-order valence-electron chi connectivity index (χ1n) is 6.32. The van der Waals surface area contributed by atoms with Gasteiger partial charge in [0, 0.05) is 0 Å². The van der Waals surface area contributed by atoms with Gasteiger partial charge in [-0.15, -0.1) is 0 Å². The number of nitrogens with two attached hydrogens (primary N) is 2. The molecule has 4 heteroatoms. The molecule has 0 aliphatic rings. The smallest absolute Gasteiger partial charge is 0.00773 e. The highest BCUT2D eigenvalue weighted by Crippen LogP contribution is 2.09. The Labute approximate surface area is 102 Å². The Balaban J connectivity index is -0.000000845. The van der Waals surface area contributed by atoms with Gasteiger partial charge < -0.3 is 23.8 Å². The molecule has 0 radical (unpaired) electrons. The highest BCUT2D eigenvalue weighted by Gasteiger charge is 1.91. The third-order valence-corrected chi connectivity index (χ3v) is 2.66. The molecule has 0 spiro atoms. The predicted octanol–water partition coefficient (Wildman–Crippen LogP) is 3.13. The molecule has 0 atom stereocenters. The van der Waals surface area contributed by atoms with Gasteiger partial charge in [-0.25, -0.2) is 0 Å². The summed E-state index contributed by atoms with van der Waals surface area (Å²) in [5, 5.41) is 0. The molecule has 0 unspecified atom stereocenters. The zero-order chi connectivity index (χ0) is 10.5. The zero-order valence-electron chi connectivity index (χ0n) is 11.1. The molecular formula is C12H34N4. The Kier molecular flexibility index (Phi) is 26.8. The molecule has 0 bridgehead atoms. The lowest BCUT2D eigenvalue weighted by molar-refractivity contribution is 0.554. The van der Waals surface area contributed by atoms with Crippen LogP contribution in [0.2, 0.25) is 0 Å². The maximum Gasteiger partial charge on any atom is -0.00773 e. The van der Waals surface area contributed by atoms with E-state index in [2.05, 4.69) is 0 Å². The molecule has 4 nitrogen and oxygen atoms in total. The van der Waals surface area contributed by atoms with Crippen LogP contribution in [0.3, 0.4) is 0 Å². The van der Waals surface area contributed by atoms with E-state index in [0.717, 1.165) is 13.1 Å². The summed E-state index contributed by atoms with van der Waals surface area (Å²) in [6.07, 6.45) is 13.4. The van der Waals surface area contributed by atoms with Crippen LogP contribution in [0.15, 0.2) is 0 Å². The number of rotatable bonds is 11. The molecule has 0 heterocycles. The summed E-state index contributed by atoms with van der Waals surface area (Å²) in [4.78, 5) is 0. The van der Waals surface area contributed by atoms with Gasteiger partial charge in [-0.1, -0.05) is 51.4 Å². The van der Waals surface area contributed by atoms with Crippen LogP contribution in [0, 0.1) is 0 Å². The van der Waals surface area contributed by atoms with Crippen LogP contribution in [0.25, 0.3) is 0 Å². The van der Waals surface area contributed by atoms with Crippen LogP contribution in [0.4, 0.5) is 0 Å². The summed E-state index contributed by atoms with van der Waals surface area (Å²) in [5.41, 5.74) is 10.9. The van der Waals surface area contributed by atoms with Crippen LogP contribution in [0.5, 0.6) is 0 Å². The fourth-order valence-electron chi connectivity index (χ4n) is 1.70. The first-order valence-corrected chi connectivity index (χ1v) is 6.32. The van der Waals surface area contributed by atoms with Gasteiger partial charge in [0.05, 0.1) is 0 Å². The van der Waals surface area contributed by atoms with Crippen LogP contribution in [-0.2, 0) is 0 Å². The van der Waals surface area contributed by atoms with E-state index in [4.69, 9.17) is 11.5 Å². The van der Waals surface area contributed by atoms with E-state index in [1.165, 1.54) is 64.2 Å². The molecule has 0 aromatic heterocycles. The first-order chi connectivity index (χ1) is 6.91. The van der Waals surface area contributed by atoms with E-state index < -0.39 is 0 Å². The van der Waals surface area contributed by atoms with Crippen LogP contribution < -0.4 is 23.8 Å². The molecule has 0 aliphatic heterocycles. The highest BCUT2D eigenvalue weighted by molar-refractivity contribution is 4.48. The minimum absolute atomic E-state index is 0. The third-order valence-electron chi connectivity index (χ3n) is 2.66. The predicted molar refractivity (Wildman–Crippen MR) is 74.3 cm³/mol. The molecule has 0 fully saturated rings. The van der Waals surface area contributed by atoms with Gasteiger partial charge in [0.15, 0.2) is 0 Å². The van der Waals surface area contributed by atoms with Crippen LogP contribution >= 0.6 is 0 Å². The maximum absolute atomic E-state index is 5.43. The Morgan fingerprint density at radius 3 is 0.750 bits per heavy atom. The number of hydrogen-bond donors (Lipinski definition) is 4. The Morgan fingerprint density at radius 1 is 0.375 bits per heavy atom. The van der Waals surface area contributed by atoms with Gasteiger partial charge in [0.1, 0.15) is 0 Å². The summed E-state index contributed by atoms with van der Waals surface area (Å²) >= 11 is 0. The summed E-state index contributed by atoms with van der Waals surface area (Å²) in [6, 6.07) is 0. The lowest BCUT2D eigenvalue weighted by Gasteiger charge is -2.01.